The van der Waals surface area contributed by atoms with Crippen molar-refractivity contribution in [2.24, 2.45) is 0 Å². The Morgan fingerprint density at radius 3 is 1.60 bits per heavy atom. The van der Waals surface area contributed by atoms with E-state index in [0.717, 1.165) is 29.5 Å². The smallest absolute Gasteiger partial charge is 0.331 e. The minimum Gasteiger partial charge on any atom is -0.390 e. The van der Waals surface area contributed by atoms with Crippen LogP contribution in [0.2, 0.25) is 0 Å². The van der Waals surface area contributed by atoms with Gasteiger partial charge in [-0.15, -0.1) is 0 Å². The lowest BCUT2D eigenvalue weighted by Gasteiger charge is -2.24. The molecule has 2 atom stereocenters. The van der Waals surface area contributed by atoms with E-state index in [1.54, 1.807) is 0 Å². The average molecular weight is 679 g/mol. The first-order valence-corrected chi connectivity index (χ1v) is 19.8. The topological polar surface area (TPSA) is 74.2 Å². The molecule has 0 aliphatic rings. The molecule has 0 saturated carbocycles. The van der Waals surface area contributed by atoms with Crippen molar-refractivity contribution in [1.82, 2.24) is 0 Å². The quantitative estimate of drug-likeness (QED) is 0.0357. The van der Waals surface area contributed by atoms with Gasteiger partial charge in [0.05, 0.1) is 32.1 Å². The molecule has 1 N–H and O–H groups in total. The lowest BCUT2D eigenvalue weighted by atomic mass is 10.0. The molecule has 0 saturated heterocycles. The van der Waals surface area contributed by atoms with E-state index in [1.165, 1.54) is 64.2 Å². The van der Waals surface area contributed by atoms with Crippen molar-refractivity contribution in [3.05, 3.63) is 120 Å². The molecule has 0 aliphatic carbocycles. The van der Waals surface area contributed by atoms with Gasteiger partial charge in [-0.3, -0.25) is 4.57 Å². The van der Waals surface area contributed by atoms with E-state index < -0.39 is 19.8 Å². The molecule has 0 radical (unpaired) electrons. The highest BCUT2D eigenvalue weighted by atomic mass is 31.2. The lowest BCUT2D eigenvalue weighted by Crippen LogP contribution is -2.29. The zero-order valence-electron chi connectivity index (χ0n) is 29.1. The molecule has 48 heavy (non-hydrogen) atoms. The van der Waals surface area contributed by atoms with Crippen LogP contribution in [0, 0.1) is 0 Å². The van der Waals surface area contributed by atoms with E-state index >= 15 is 0 Å². The van der Waals surface area contributed by atoms with Gasteiger partial charge < -0.3 is 23.6 Å². The molecule has 2 unspecified atom stereocenters. The van der Waals surface area contributed by atoms with Crippen LogP contribution in [-0.2, 0) is 42.9 Å². The third-order valence-electron chi connectivity index (χ3n) is 8.37. The summed E-state index contributed by atoms with van der Waals surface area (Å²) in [5.74, 6) is 0. The first-order valence-electron chi connectivity index (χ1n) is 18.1. The van der Waals surface area contributed by atoms with Crippen LogP contribution in [-0.4, -0.2) is 30.3 Å². The molecule has 0 spiro atoms. The zero-order valence-corrected chi connectivity index (χ0v) is 30.0. The number of benzene rings is 3. The highest BCUT2D eigenvalue weighted by Gasteiger charge is 2.28. The fourth-order valence-corrected chi connectivity index (χ4v) is 7.03. The maximum absolute atomic E-state index is 14.0. The number of aliphatic hydroxyl groups is 1. The largest absolute Gasteiger partial charge is 0.390 e. The fourth-order valence-electron chi connectivity index (χ4n) is 5.43. The van der Waals surface area contributed by atoms with Gasteiger partial charge in [0.2, 0.25) is 0 Å². The van der Waals surface area contributed by atoms with E-state index in [1.807, 2.05) is 97.1 Å². The molecular weight excluding hydrogens is 619 g/mol. The summed E-state index contributed by atoms with van der Waals surface area (Å²) < 4.78 is 37.6. The third kappa shape index (κ3) is 18.3. The van der Waals surface area contributed by atoms with Crippen molar-refractivity contribution in [3.63, 3.8) is 0 Å². The number of aliphatic hydroxyl groups excluding tert-OH is 1. The molecule has 0 fully saturated rings. The third-order valence-corrected chi connectivity index (χ3v) is 10.2. The van der Waals surface area contributed by atoms with Crippen LogP contribution >= 0.6 is 7.60 Å². The second-order valence-electron chi connectivity index (χ2n) is 12.5. The summed E-state index contributed by atoms with van der Waals surface area (Å²) in [6, 6.07) is 29.2. The van der Waals surface area contributed by atoms with Gasteiger partial charge in [-0.05, 0) is 36.0 Å². The monoisotopic (exact) mass is 678 g/mol. The van der Waals surface area contributed by atoms with Gasteiger partial charge in [-0.2, -0.15) is 0 Å². The molecule has 0 heterocycles. The van der Waals surface area contributed by atoms with Gasteiger partial charge in [0.1, 0.15) is 12.9 Å². The summed E-state index contributed by atoms with van der Waals surface area (Å²) in [4.78, 5) is 0. The Balaban J connectivity index is 1.50. The molecule has 0 amide bonds. The first-order chi connectivity index (χ1) is 23.6. The predicted octanol–water partition coefficient (Wildman–Crippen LogP) is 11.2. The van der Waals surface area contributed by atoms with Gasteiger partial charge in [0.25, 0.3) is 0 Å². The van der Waals surface area contributed by atoms with Crippen LogP contribution < -0.4 is 0 Å². The second-order valence-corrected chi connectivity index (χ2v) is 14.7. The SMILES string of the molecule is CCCCCCCCCCCCC/C=C/C(OCOCc1ccccc1)C(O)CCP(=O)(OCc1ccccc1)OCc1ccccc1. The van der Waals surface area contributed by atoms with Crippen molar-refractivity contribution in [2.45, 2.75) is 122 Å². The number of hydrogen-bond donors (Lipinski definition) is 1. The van der Waals surface area contributed by atoms with Gasteiger partial charge in [0.15, 0.2) is 0 Å². The van der Waals surface area contributed by atoms with Crippen LogP contribution in [0.1, 0.15) is 107 Å². The van der Waals surface area contributed by atoms with Crippen LogP contribution in [0.4, 0.5) is 0 Å². The normalized spacial score (nSPS) is 13.2. The molecule has 6 nitrogen and oxygen atoms in total. The van der Waals surface area contributed by atoms with Gasteiger partial charge >= 0.3 is 7.60 Å². The number of allylic oxidation sites excluding steroid dienone is 1. The number of ether oxygens (including phenoxy) is 2. The molecule has 3 aromatic rings. The Kier molecular flexibility index (Phi) is 21.1. The second kappa shape index (κ2) is 25.4. The van der Waals surface area contributed by atoms with Gasteiger partial charge in [0, 0.05) is 0 Å². The first kappa shape index (κ1) is 39.9. The summed E-state index contributed by atoms with van der Waals surface area (Å²) in [7, 11) is -3.55. The molecule has 0 aromatic heterocycles. The summed E-state index contributed by atoms with van der Waals surface area (Å²) >= 11 is 0. The number of unbranched alkanes of at least 4 members (excludes halogenated alkanes) is 11. The molecule has 3 aromatic carbocycles. The molecular formula is C41H59O6P. The van der Waals surface area contributed by atoms with E-state index in [2.05, 4.69) is 13.0 Å². The van der Waals surface area contributed by atoms with E-state index in [4.69, 9.17) is 18.5 Å². The van der Waals surface area contributed by atoms with Crippen molar-refractivity contribution in [2.75, 3.05) is 13.0 Å². The summed E-state index contributed by atoms with van der Waals surface area (Å²) in [6.45, 7) is 3.04. The average Bonchev–Trinajstić information content (AvgIpc) is 3.13. The predicted molar refractivity (Wildman–Crippen MR) is 197 cm³/mol. The maximum atomic E-state index is 14.0. The molecule has 0 bridgehead atoms. The van der Waals surface area contributed by atoms with Crippen LogP contribution in [0.25, 0.3) is 0 Å². The van der Waals surface area contributed by atoms with Crippen molar-refractivity contribution < 1.29 is 28.2 Å². The van der Waals surface area contributed by atoms with E-state index in [9.17, 15) is 9.67 Å². The molecule has 0 aliphatic heterocycles. The molecule has 3 rings (SSSR count). The zero-order chi connectivity index (χ0) is 34.0. The number of rotatable bonds is 28. The van der Waals surface area contributed by atoms with Crippen molar-refractivity contribution in [1.29, 1.82) is 0 Å². The van der Waals surface area contributed by atoms with Crippen LogP contribution in [0.15, 0.2) is 103 Å². The summed E-state index contributed by atoms with van der Waals surface area (Å²) in [6.07, 6.45) is 18.0. The Labute approximate surface area is 290 Å². The Hall–Kier alpha value is -2.57. The Morgan fingerprint density at radius 2 is 1.10 bits per heavy atom. The van der Waals surface area contributed by atoms with Crippen LogP contribution in [0.5, 0.6) is 0 Å². The maximum Gasteiger partial charge on any atom is 0.331 e. The molecule has 7 heteroatoms. The minimum absolute atomic E-state index is 0.0338. The van der Waals surface area contributed by atoms with Crippen molar-refractivity contribution in [3.8, 4) is 0 Å². The summed E-state index contributed by atoms with van der Waals surface area (Å²) in [5, 5.41) is 11.3. The highest BCUT2D eigenvalue weighted by Crippen LogP contribution is 2.50. The van der Waals surface area contributed by atoms with Gasteiger partial charge in [-0.25, -0.2) is 0 Å². The van der Waals surface area contributed by atoms with E-state index in [-0.39, 0.29) is 32.6 Å². The van der Waals surface area contributed by atoms with Crippen molar-refractivity contribution >= 4 is 7.60 Å². The molecule has 264 valence electrons. The summed E-state index contributed by atoms with van der Waals surface area (Å²) in [5.41, 5.74) is 2.87. The lowest BCUT2D eigenvalue weighted by molar-refractivity contribution is -0.112. The standard InChI is InChI=1S/C41H59O6P/c1-2-3-4-5-6-7-8-9-10-11-12-13-23-30-41(45-36-44-33-37-24-17-14-18-25-37)40(42)31-32-48(43,46-34-38-26-19-15-20-27-38)47-35-39-28-21-16-22-29-39/h14-30,40-42H,2-13,31-36H2,1H3/b30-23+. The van der Waals surface area contributed by atoms with E-state index in [0.29, 0.717) is 6.61 Å². The van der Waals surface area contributed by atoms with Crippen LogP contribution in [0.3, 0.4) is 0 Å². The fraction of sp³-hybridized carbons (Fsp3) is 0.512. The van der Waals surface area contributed by atoms with Gasteiger partial charge in [-0.1, -0.05) is 174 Å². The number of hydrogen-bond acceptors (Lipinski definition) is 6. The highest BCUT2D eigenvalue weighted by molar-refractivity contribution is 7.53. The Bertz CT molecular complexity index is 1210. The Morgan fingerprint density at radius 1 is 0.646 bits per heavy atom. The minimum atomic E-state index is -3.55.